The van der Waals surface area contributed by atoms with Gasteiger partial charge in [-0.1, -0.05) is 55.5 Å². The largest absolute Gasteiger partial charge is 0.339 e. The fraction of sp³-hybridized carbons (Fsp3) is 0.440. The van der Waals surface area contributed by atoms with Gasteiger partial charge in [0.05, 0.1) is 13.1 Å². The van der Waals surface area contributed by atoms with Gasteiger partial charge in [0.25, 0.3) is 0 Å². The maximum atomic E-state index is 12.9. The van der Waals surface area contributed by atoms with Gasteiger partial charge in [0, 0.05) is 38.4 Å². The van der Waals surface area contributed by atoms with Gasteiger partial charge in [-0.15, -0.1) is 0 Å². The van der Waals surface area contributed by atoms with Crippen LogP contribution in [-0.4, -0.2) is 72.3 Å². The molecule has 0 aromatic heterocycles. The number of carbonyl (C=O) groups is 2. The summed E-state index contributed by atoms with van der Waals surface area (Å²) < 4.78 is 0. The molecule has 0 saturated carbocycles. The molecule has 2 aromatic rings. The van der Waals surface area contributed by atoms with E-state index < -0.39 is 0 Å². The van der Waals surface area contributed by atoms with Crippen molar-refractivity contribution < 1.29 is 9.59 Å². The maximum Gasteiger partial charge on any atom is 0.238 e. The highest BCUT2D eigenvalue weighted by Gasteiger charge is 2.23. The summed E-state index contributed by atoms with van der Waals surface area (Å²) in [6.45, 7) is 9.42. The van der Waals surface area contributed by atoms with Crippen molar-refractivity contribution in [3.8, 4) is 0 Å². The standard InChI is InChI=1S/C25H34N4O2/c1-3-13-28(19-24(30)26-23-12-8-7-9-21(23)2)20-25(31)29-16-14-27(15-17-29)18-22-10-5-4-6-11-22/h4-12H,3,13-20H2,1-2H3,(H,26,30). The van der Waals surface area contributed by atoms with Gasteiger partial charge in [0.1, 0.15) is 0 Å². The van der Waals surface area contributed by atoms with Gasteiger partial charge in [-0.2, -0.15) is 0 Å². The van der Waals surface area contributed by atoms with Crippen LogP contribution in [0, 0.1) is 6.92 Å². The normalized spacial score (nSPS) is 14.6. The molecule has 6 heteroatoms. The fourth-order valence-corrected chi connectivity index (χ4v) is 3.92. The van der Waals surface area contributed by atoms with Gasteiger partial charge < -0.3 is 10.2 Å². The van der Waals surface area contributed by atoms with E-state index in [1.54, 1.807) is 0 Å². The van der Waals surface area contributed by atoms with Crippen LogP contribution in [0.5, 0.6) is 0 Å². The number of anilines is 1. The summed E-state index contributed by atoms with van der Waals surface area (Å²) in [7, 11) is 0. The summed E-state index contributed by atoms with van der Waals surface area (Å²) in [5.74, 6) is 0.0275. The number of rotatable bonds is 9. The van der Waals surface area contributed by atoms with Crippen molar-refractivity contribution in [3.63, 3.8) is 0 Å². The number of hydrogen-bond donors (Lipinski definition) is 1. The van der Waals surface area contributed by atoms with Crippen molar-refractivity contribution in [1.82, 2.24) is 14.7 Å². The second kappa shape index (κ2) is 11.6. The Labute approximate surface area is 185 Å². The van der Waals surface area contributed by atoms with Crippen LogP contribution in [0.2, 0.25) is 0 Å². The molecule has 1 aliphatic rings. The zero-order chi connectivity index (χ0) is 22.1. The Hall–Kier alpha value is -2.70. The number of carbonyl (C=O) groups excluding carboxylic acids is 2. The van der Waals surface area contributed by atoms with Crippen molar-refractivity contribution >= 4 is 17.5 Å². The first-order valence-corrected chi connectivity index (χ1v) is 11.2. The monoisotopic (exact) mass is 422 g/mol. The minimum Gasteiger partial charge on any atom is -0.339 e. The molecule has 166 valence electrons. The molecule has 0 bridgehead atoms. The van der Waals surface area contributed by atoms with E-state index in [0.717, 1.165) is 56.9 Å². The second-order valence-corrected chi connectivity index (χ2v) is 8.22. The summed E-state index contributed by atoms with van der Waals surface area (Å²) in [5.41, 5.74) is 3.16. The third kappa shape index (κ3) is 7.19. The van der Waals surface area contributed by atoms with Crippen molar-refractivity contribution in [2.45, 2.75) is 26.8 Å². The predicted octanol–water partition coefficient (Wildman–Crippen LogP) is 2.99. The molecule has 6 nitrogen and oxygen atoms in total. The van der Waals surface area contributed by atoms with Crippen LogP contribution < -0.4 is 5.32 Å². The maximum absolute atomic E-state index is 12.9. The third-order valence-corrected chi connectivity index (χ3v) is 5.66. The molecule has 1 heterocycles. The second-order valence-electron chi connectivity index (χ2n) is 8.22. The Morgan fingerprint density at radius 3 is 2.29 bits per heavy atom. The predicted molar refractivity (Wildman–Crippen MR) is 125 cm³/mol. The molecule has 1 aliphatic heterocycles. The van der Waals surface area contributed by atoms with Crippen LogP contribution in [0.15, 0.2) is 54.6 Å². The van der Waals surface area contributed by atoms with Crippen LogP contribution in [0.3, 0.4) is 0 Å². The summed E-state index contributed by atoms with van der Waals surface area (Å²) in [6, 6.07) is 18.2. The van der Waals surface area contributed by atoms with E-state index >= 15 is 0 Å². The number of nitrogens with one attached hydrogen (secondary N) is 1. The molecule has 3 rings (SSSR count). The number of piperazine rings is 1. The number of amides is 2. The first-order chi connectivity index (χ1) is 15.0. The van der Waals surface area contributed by atoms with Crippen LogP contribution in [0.1, 0.15) is 24.5 Å². The SMILES string of the molecule is CCCN(CC(=O)Nc1ccccc1C)CC(=O)N1CCN(Cc2ccccc2)CC1. The van der Waals surface area contributed by atoms with E-state index in [1.165, 1.54) is 5.56 Å². The zero-order valence-electron chi connectivity index (χ0n) is 18.7. The fourth-order valence-electron chi connectivity index (χ4n) is 3.92. The number of para-hydroxylation sites is 1. The van der Waals surface area contributed by atoms with Crippen molar-refractivity contribution in [1.29, 1.82) is 0 Å². The van der Waals surface area contributed by atoms with Gasteiger partial charge in [0.2, 0.25) is 11.8 Å². The number of aryl methyl sites for hydroxylation is 1. The summed E-state index contributed by atoms with van der Waals surface area (Å²) in [5, 5.41) is 2.97. The Bertz CT molecular complexity index is 848. The summed E-state index contributed by atoms with van der Waals surface area (Å²) in [4.78, 5) is 31.7. The molecular formula is C25H34N4O2. The van der Waals surface area contributed by atoms with Gasteiger partial charge in [-0.05, 0) is 37.1 Å². The van der Waals surface area contributed by atoms with Crippen molar-refractivity contribution in [2.24, 2.45) is 0 Å². The Morgan fingerprint density at radius 2 is 1.61 bits per heavy atom. The zero-order valence-corrected chi connectivity index (χ0v) is 18.7. The Balaban J connectivity index is 1.46. The minimum absolute atomic E-state index is 0.0803. The van der Waals surface area contributed by atoms with Crippen molar-refractivity contribution in [2.75, 3.05) is 51.1 Å². The van der Waals surface area contributed by atoms with E-state index in [-0.39, 0.29) is 24.9 Å². The molecule has 0 spiro atoms. The van der Waals surface area contributed by atoms with E-state index in [2.05, 4.69) is 41.4 Å². The van der Waals surface area contributed by atoms with Gasteiger partial charge in [-0.3, -0.25) is 19.4 Å². The molecule has 31 heavy (non-hydrogen) atoms. The van der Waals surface area contributed by atoms with Crippen molar-refractivity contribution in [3.05, 3.63) is 65.7 Å². The average molecular weight is 423 g/mol. The quantitative estimate of drug-likeness (QED) is 0.675. The highest BCUT2D eigenvalue weighted by Crippen LogP contribution is 2.13. The smallest absolute Gasteiger partial charge is 0.238 e. The van der Waals surface area contributed by atoms with Gasteiger partial charge in [-0.25, -0.2) is 0 Å². The average Bonchev–Trinajstić information content (AvgIpc) is 2.76. The Kier molecular flexibility index (Phi) is 8.62. The van der Waals surface area contributed by atoms with Crippen LogP contribution in [-0.2, 0) is 16.1 Å². The van der Waals surface area contributed by atoms with Crippen LogP contribution in [0.25, 0.3) is 0 Å². The lowest BCUT2D eigenvalue weighted by atomic mass is 10.2. The van der Waals surface area contributed by atoms with Crippen LogP contribution >= 0.6 is 0 Å². The molecule has 1 fully saturated rings. The number of hydrogen-bond acceptors (Lipinski definition) is 4. The van der Waals surface area contributed by atoms with Gasteiger partial charge >= 0.3 is 0 Å². The molecule has 0 unspecified atom stereocenters. The lowest BCUT2D eigenvalue weighted by Gasteiger charge is -2.35. The molecule has 0 radical (unpaired) electrons. The topological polar surface area (TPSA) is 55.9 Å². The number of nitrogens with zero attached hydrogens (tertiary/aromatic N) is 3. The lowest BCUT2D eigenvalue weighted by molar-refractivity contribution is -0.134. The molecule has 1 saturated heterocycles. The molecule has 0 atom stereocenters. The molecule has 2 amide bonds. The van der Waals surface area contributed by atoms with E-state index in [4.69, 9.17) is 0 Å². The lowest BCUT2D eigenvalue weighted by Crippen LogP contribution is -2.51. The first kappa shape index (κ1) is 23.0. The molecule has 2 aromatic carbocycles. The minimum atomic E-state index is -0.0803. The summed E-state index contributed by atoms with van der Waals surface area (Å²) >= 11 is 0. The molecule has 0 aliphatic carbocycles. The third-order valence-electron chi connectivity index (χ3n) is 5.66. The highest BCUT2D eigenvalue weighted by atomic mass is 16.2. The first-order valence-electron chi connectivity index (χ1n) is 11.2. The van der Waals surface area contributed by atoms with Gasteiger partial charge in [0.15, 0.2) is 0 Å². The van der Waals surface area contributed by atoms with Crippen LogP contribution in [0.4, 0.5) is 5.69 Å². The summed E-state index contributed by atoms with van der Waals surface area (Å²) in [6.07, 6.45) is 0.899. The highest BCUT2D eigenvalue weighted by molar-refractivity contribution is 5.93. The number of benzene rings is 2. The van der Waals surface area contributed by atoms with E-state index in [9.17, 15) is 9.59 Å². The van der Waals surface area contributed by atoms with E-state index in [1.807, 2.05) is 47.1 Å². The van der Waals surface area contributed by atoms with E-state index in [0.29, 0.717) is 0 Å². The molecule has 1 N–H and O–H groups in total. The Morgan fingerprint density at radius 1 is 0.935 bits per heavy atom. The molecular weight excluding hydrogens is 388 g/mol.